The molecule has 0 bridgehead atoms. The molecule has 0 unspecified atom stereocenters. The van der Waals surface area contributed by atoms with E-state index >= 15 is 0 Å². The van der Waals surface area contributed by atoms with E-state index in [1.54, 1.807) is 11.1 Å². The van der Waals surface area contributed by atoms with Gasteiger partial charge in [0.25, 0.3) is 0 Å². The summed E-state index contributed by atoms with van der Waals surface area (Å²) in [5.74, 6) is 0.872. The lowest BCUT2D eigenvalue weighted by molar-refractivity contribution is 0.249. The Balaban J connectivity index is 2.41. The fourth-order valence-corrected chi connectivity index (χ4v) is 2.22. The van der Waals surface area contributed by atoms with Crippen molar-refractivity contribution in [2.75, 3.05) is 32.7 Å². The van der Waals surface area contributed by atoms with Gasteiger partial charge >= 0.3 is 0 Å². The van der Waals surface area contributed by atoms with Gasteiger partial charge in [-0.3, -0.25) is 4.90 Å². The van der Waals surface area contributed by atoms with E-state index in [1.165, 1.54) is 32.5 Å². The zero-order valence-electron chi connectivity index (χ0n) is 11.5. The molecule has 1 heterocycles. The number of hydrogen-bond acceptors (Lipinski definition) is 2. The first-order valence-electron chi connectivity index (χ1n) is 6.81. The van der Waals surface area contributed by atoms with Crippen LogP contribution in [0.1, 0.15) is 40.5 Å². The fourth-order valence-electron chi connectivity index (χ4n) is 2.22. The quantitative estimate of drug-likeness (QED) is 0.669. The molecule has 2 heteroatoms. The molecule has 0 atom stereocenters. The van der Waals surface area contributed by atoms with Gasteiger partial charge in [0.15, 0.2) is 0 Å². The minimum Gasteiger partial charge on any atom is -0.309 e. The van der Waals surface area contributed by atoms with Crippen molar-refractivity contribution in [1.82, 2.24) is 10.2 Å². The van der Waals surface area contributed by atoms with Crippen LogP contribution in [0.2, 0.25) is 0 Å². The van der Waals surface area contributed by atoms with E-state index in [4.69, 9.17) is 0 Å². The van der Waals surface area contributed by atoms with Crippen molar-refractivity contribution in [3.63, 3.8) is 0 Å². The van der Waals surface area contributed by atoms with Crippen LogP contribution in [0.5, 0.6) is 0 Å². The van der Waals surface area contributed by atoms with Crippen LogP contribution in [0, 0.1) is 5.92 Å². The highest BCUT2D eigenvalue weighted by atomic mass is 15.1. The Morgan fingerprint density at radius 3 is 2.25 bits per heavy atom. The molecule has 2 nitrogen and oxygen atoms in total. The molecule has 1 aliphatic heterocycles. The Kier molecular flexibility index (Phi) is 6.07. The van der Waals surface area contributed by atoms with Crippen LogP contribution in [-0.4, -0.2) is 37.6 Å². The summed E-state index contributed by atoms with van der Waals surface area (Å²) in [5.41, 5.74) is 3.22. The third-order valence-electron chi connectivity index (χ3n) is 3.86. The van der Waals surface area contributed by atoms with Gasteiger partial charge < -0.3 is 5.32 Å². The average Bonchev–Trinajstić information content (AvgIpc) is 2.21. The zero-order chi connectivity index (χ0) is 12.0. The second kappa shape index (κ2) is 7.08. The van der Waals surface area contributed by atoms with Gasteiger partial charge in [-0.15, -0.1) is 0 Å². The van der Waals surface area contributed by atoms with Gasteiger partial charge in [-0.05, 0) is 25.0 Å². The summed E-state index contributed by atoms with van der Waals surface area (Å²) in [6, 6.07) is 0. The second-order valence-electron chi connectivity index (χ2n) is 5.00. The number of rotatable bonds is 7. The van der Waals surface area contributed by atoms with E-state index in [-0.39, 0.29) is 0 Å². The van der Waals surface area contributed by atoms with Gasteiger partial charge in [0.1, 0.15) is 0 Å². The number of hydrogen-bond donors (Lipinski definition) is 1. The van der Waals surface area contributed by atoms with Crippen molar-refractivity contribution >= 4 is 0 Å². The molecule has 1 N–H and O–H groups in total. The summed E-state index contributed by atoms with van der Waals surface area (Å²) in [6.45, 7) is 15.0. The van der Waals surface area contributed by atoms with Gasteiger partial charge in [0.05, 0.1) is 0 Å². The molecule has 1 aliphatic rings. The number of nitrogens with one attached hydrogen (secondary N) is 1. The molecule has 0 spiro atoms. The summed E-state index contributed by atoms with van der Waals surface area (Å²) >= 11 is 0. The van der Waals surface area contributed by atoms with E-state index in [9.17, 15) is 0 Å². The lowest BCUT2D eigenvalue weighted by atomic mass is 10.0. The van der Waals surface area contributed by atoms with E-state index in [1.807, 2.05) is 0 Å². The molecule has 1 rings (SSSR count). The molecule has 16 heavy (non-hydrogen) atoms. The Hall–Kier alpha value is -0.340. The van der Waals surface area contributed by atoms with E-state index in [0.717, 1.165) is 19.0 Å². The highest BCUT2D eigenvalue weighted by Gasteiger charge is 2.14. The van der Waals surface area contributed by atoms with Gasteiger partial charge in [0, 0.05) is 26.2 Å². The molecule has 1 fully saturated rings. The van der Waals surface area contributed by atoms with Crippen molar-refractivity contribution in [3.05, 3.63) is 11.1 Å². The predicted molar refractivity (Wildman–Crippen MR) is 71.8 cm³/mol. The molecule has 94 valence electrons. The number of likely N-dealkylation sites (N-methyl/N-ethyl adjacent to an activating group) is 1. The van der Waals surface area contributed by atoms with Crippen molar-refractivity contribution in [3.8, 4) is 0 Å². The zero-order valence-corrected chi connectivity index (χ0v) is 11.5. The highest BCUT2D eigenvalue weighted by molar-refractivity contribution is 5.22. The van der Waals surface area contributed by atoms with Crippen LogP contribution < -0.4 is 5.32 Å². The lowest BCUT2D eigenvalue weighted by Crippen LogP contribution is -2.37. The molecule has 0 aliphatic carbocycles. The van der Waals surface area contributed by atoms with Crippen molar-refractivity contribution in [1.29, 1.82) is 0 Å². The lowest BCUT2D eigenvalue weighted by Gasteiger charge is -2.29. The summed E-state index contributed by atoms with van der Waals surface area (Å²) in [7, 11) is 0. The molecule has 0 aromatic carbocycles. The van der Waals surface area contributed by atoms with Crippen LogP contribution in [0.15, 0.2) is 11.1 Å². The summed E-state index contributed by atoms with van der Waals surface area (Å²) < 4.78 is 0. The molecule has 1 saturated heterocycles. The van der Waals surface area contributed by atoms with Gasteiger partial charge in [0.2, 0.25) is 0 Å². The van der Waals surface area contributed by atoms with Crippen LogP contribution in [0.4, 0.5) is 0 Å². The largest absolute Gasteiger partial charge is 0.309 e. The highest BCUT2D eigenvalue weighted by Crippen LogP contribution is 2.14. The van der Waals surface area contributed by atoms with E-state index < -0.39 is 0 Å². The summed E-state index contributed by atoms with van der Waals surface area (Å²) in [4.78, 5) is 2.60. The Morgan fingerprint density at radius 2 is 1.88 bits per heavy atom. The third kappa shape index (κ3) is 3.91. The maximum Gasteiger partial charge on any atom is 0.0193 e. The predicted octanol–water partition coefficient (Wildman–Crippen LogP) is 2.66. The summed E-state index contributed by atoms with van der Waals surface area (Å²) in [5, 5.41) is 3.32. The van der Waals surface area contributed by atoms with Crippen molar-refractivity contribution < 1.29 is 0 Å². The minimum atomic E-state index is 0.872. The van der Waals surface area contributed by atoms with Crippen LogP contribution in [-0.2, 0) is 0 Å². The van der Waals surface area contributed by atoms with Gasteiger partial charge in [-0.1, -0.05) is 39.2 Å². The first kappa shape index (κ1) is 13.7. The normalized spacial score (nSPS) is 15.8. The minimum absolute atomic E-state index is 0.872. The SMILES string of the molecule is CCC(CC)CN(CC)CC(C)=C1CNC1. The molecule has 0 radical (unpaired) electrons. The smallest absolute Gasteiger partial charge is 0.0193 e. The van der Waals surface area contributed by atoms with Crippen LogP contribution >= 0.6 is 0 Å². The maximum absolute atomic E-state index is 3.32. The van der Waals surface area contributed by atoms with E-state index in [0.29, 0.717) is 0 Å². The van der Waals surface area contributed by atoms with Crippen molar-refractivity contribution in [2.24, 2.45) is 5.92 Å². The second-order valence-corrected chi connectivity index (χ2v) is 5.00. The monoisotopic (exact) mass is 224 g/mol. The standard InChI is InChI=1S/C14H28N2/c1-5-13(6-2)11-16(7-3)10-12(4)14-8-15-9-14/h13,15H,5-11H2,1-4H3. The Morgan fingerprint density at radius 1 is 1.25 bits per heavy atom. The van der Waals surface area contributed by atoms with Crippen LogP contribution in [0.25, 0.3) is 0 Å². The fraction of sp³-hybridized carbons (Fsp3) is 0.857. The molecule has 0 saturated carbocycles. The first-order chi connectivity index (χ1) is 7.71. The van der Waals surface area contributed by atoms with E-state index in [2.05, 4.69) is 37.9 Å². The Labute approximate surface area is 101 Å². The Bertz CT molecular complexity index is 223. The molecule has 0 aromatic rings. The van der Waals surface area contributed by atoms with Gasteiger partial charge in [-0.2, -0.15) is 0 Å². The van der Waals surface area contributed by atoms with Gasteiger partial charge in [-0.25, -0.2) is 0 Å². The van der Waals surface area contributed by atoms with Crippen molar-refractivity contribution in [2.45, 2.75) is 40.5 Å². The molecule has 0 amide bonds. The summed E-state index contributed by atoms with van der Waals surface area (Å²) in [6.07, 6.45) is 2.62. The molecule has 0 aromatic heterocycles. The number of nitrogens with zero attached hydrogens (tertiary/aromatic N) is 1. The molecular formula is C14H28N2. The third-order valence-corrected chi connectivity index (χ3v) is 3.86. The topological polar surface area (TPSA) is 15.3 Å². The first-order valence-corrected chi connectivity index (χ1v) is 6.81. The maximum atomic E-state index is 3.32. The average molecular weight is 224 g/mol. The molecular weight excluding hydrogens is 196 g/mol. The van der Waals surface area contributed by atoms with Crippen LogP contribution in [0.3, 0.4) is 0 Å².